The Bertz CT molecular complexity index is 295. The molecule has 16 heavy (non-hydrogen) atoms. The molecule has 0 aromatic heterocycles. The van der Waals surface area contributed by atoms with Crippen molar-refractivity contribution in [2.75, 3.05) is 13.2 Å². The van der Waals surface area contributed by atoms with E-state index in [-0.39, 0.29) is 18.5 Å². The van der Waals surface area contributed by atoms with Crippen molar-refractivity contribution in [1.29, 1.82) is 0 Å². The molecule has 1 unspecified atom stereocenters. The van der Waals surface area contributed by atoms with Crippen LogP contribution in [0.3, 0.4) is 0 Å². The molecule has 0 bridgehead atoms. The van der Waals surface area contributed by atoms with Crippen molar-refractivity contribution in [3.63, 3.8) is 0 Å². The Kier molecular flexibility index (Phi) is 5.43. The van der Waals surface area contributed by atoms with Crippen LogP contribution in [0.4, 0.5) is 4.39 Å². The maximum Gasteiger partial charge on any atom is 0.123 e. The van der Waals surface area contributed by atoms with Crippen LogP contribution in [0.2, 0.25) is 0 Å². The molecule has 1 rings (SSSR count). The van der Waals surface area contributed by atoms with Crippen LogP contribution in [0.25, 0.3) is 0 Å². The molecular formula is C13H20FNO. The lowest BCUT2D eigenvalue weighted by Crippen LogP contribution is -2.34. The summed E-state index contributed by atoms with van der Waals surface area (Å²) in [6.07, 6.45) is 0.909. The molecule has 1 aromatic rings. The Morgan fingerprint density at radius 3 is 2.44 bits per heavy atom. The van der Waals surface area contributed by atoms with Crippen molar-refractivity contribution >= 4 is 0 Å². The molecule has 2 nitrogen and oxygen atoms in total. The van der Waals surface area contributed by atoms with Gasteiger partial charge in [0.2, 0.25) is 0 Å². The number of aliphatic hydroxyl groups excluding tert-OH is 1. The number of rotatable bonds is 6. The number of halogens is 1. The first-order valence-corrected chi connectivity index (χ1v) is 5.77. The molecule has 1 aromatic carbocycles. The predicted octanol–water partition coefficient (Wildman–Crippen LogP) is 2.29. The summed E-state index contributed by atoms with van der Waals surface area (Å²) >= 11 is 0. The van der Waals surface area contributed by atoms with Crippen molar-refractivity contribution in [2.24, 2.45) is 0 Å². The number of benzene rings is 1. The van der Waals surface area contributed by atoms with Crippen LogP contribution in [0.1, 0.15) is 31.7 Å². The standard InChI is InChI=1S/C13H20FNO/c1-3-13(9-16)15-8-10(2)11-4-6-12(14)7-5-11/h4-7,10,13,15-16H,3,8-9H2,1-2H3/t10?,13-/m1/s1. The monoisotopic (exact) mass is 225 g/mol. The molecule has 0 heterocycles. The molecule has 0 amide bonds. The maximum atomic E-state index is 12.7. The lowest BCUT2D eigenvalue weighted by molar-refractivity contribution is 0.238. The van der Waals surface area contributed by atoms with E-state index in [0.29, 0.717) is 5.92 Å². The number of nitrogens with one attached hydrogen (secondary N) is 1. The first-order chi connectivity index (χ1) is 7.67. The minimum atomic E-state index is -0.203. The lowest BCUT2D eigenvalue weighted by atomic mass is 10.0. The number of hydrogen-bond acceptors (Lipinski definition) is 2. The molecule has 0 fully saturated rings. The quantitative estimate of drug-likeness (QED) is 0.778. The fourth-order valence-electron chi connectivity index (χ4n) is 1.59. The van der Waals surface area contributed by atoms with Gasteiger partial charge >= 0.3 is 0 Å². The minimum Gasteiger partial charge on any atom is -0.395 e. The Hall–Kier alpha value is -0.930. The molecule has 0 radical (unpaired) electrons. The molecule has 2 atom stereocenters. The minimum absolute atomic E-state index is 0.155. The molecule has 0 aliphatic rings. The third-order valence-electron chi connectivity index (χ3n) is 2.86. The van der Waals surface area contributed by atoms with E-state index in [2.05, 4.69) is 12.2 Å². The van der Waals surface area contributed by atoms with E-state index in [1.807, 2.05) is 19.1 Å². The van der Waals surface area contributed by atoms with E-state index >= 15 is 0 Å². The van der Waals surface area contributed by atoms with Gasteiger partial charge in [-0.05, 0) is 30.0 Å². The van der Waals surface area contributed by atoms with Gasteiger partial charge in [-0.25, -0.2) is 4.39 Å². The van der Waals surface area contributed by atoms with E-state index in [0.717, 1.165) is 18.5 Å². The SMILES string of the molecule is CC[C@H](CO)NCC(C)c1ccc(F)cc1. The van der Waals surface area contributed by atoms with E-state index < -0.39 is 0 Å². The third-order valence-corrected chi connectivity index (χ3v) is 2.86. The van der Waals surface area contributed by atoms with Gasteiger partial charge in [0.1, 0.15) is 5.82 Å². The number of hydrogen-bond donors (Lipinski definition) is 2. The smallest absolute Gasteiger partial charge is 0.123 e. The zero-order valence-electron chi connectivity index (χ0n) is 9.91. The zero-order chi connectivity index (χ0) is 12.0. The second kappa shape index (κ2) is 6.61. The van der Waals surface area contributed by atoms with Crippen LogP contribution >= 0.6 is 0 Å². The van der Waals surface area contributed by atoms with Crippen LogP contribution in [-0.4, -0.2) is 24.3 Å². The largest absolute Gasteiger partial charge is 0.395 e. The molecule has 0 saturated carbocycles. The Balaban J connectivity index is 2.46. The summed E-state index contributed by atoms with van der Waals surface area (Å²) in [5, 5.41) is 12.3. The van der Waals surface area contributed by atoms with E-state index in [1.54, 1.807) is 0 Å². The van der Waals surface area contributed by atoms with Crippen molar-refractivity contribution in [1.82, 2.24) is 5.32 Å². The summed E-state index contributed by atoms with van der Waals surface area (Å²) in [6.45, 7) is 5.08. The molecule has 90 valence electrons. The van der Waals surface area contributed by atoms with Crippen LogP contribution in [-0.2, 0) is 0 Å². The summed E-state index contributed by atoms with van der Waals surface area (Å²) in [7, 11) is 0. The Morgan fingerprint density at radius 1 is 1.31 bits per heavy atom. The summed E-state index contributed by atoms with van der Waals surface area (Å²) in [6, 6.07) is 6.73. The Morgan fingerprint density at radius 2 is 1.94 bits per heavy atom. The van der Waals surface area contributed by atoms with Gasteiger partial charge in [0.05, 0.1) is 6.61 Å². The number of aliphatic hydroxyl groups is 1. The van der Waals surface area contributed by atoms with Gasteiger partial charge in [-0.3, -0.25) is 0 Å². The van der Waals surface area contributed by atoms with E-state index in [1.165, 1.54) is 12.1 Å². The highest BCUT2D eigenvalue weighted by Crippen LogP contribution is 2.14. The first kappa shape index (κ1) is 13.1. The van der Waals surface area contributed by atoms with Gasteiger partial charge < -0.3 is 10.4 Å². The van der Waals surface area contributed by atoms with Gasteiger partial charge in [0.25, 0.3) is 0 Å². The molecule has 0 aliphatic heterocycles. The first-order valence-electron chi connectivity index (χ1n) is 5.77. The average Bonchev–Trinajstić information content (AvgIpc) is 2.31. The van der Waals surface area contributed by atoms with Crippen LogP contribution in [0.15, 0.2) is 24.3 Å². The van der Waals surface area contributed by atoms with Crippen molar-refractivity contribution < 1.29 is 9.50 Å². The Labute approximate surface area is 96.5 Å². The summed E-state index contributed by atoms with van der Waals surface area (Å²) < 4.78 is 12.7. The summed E-state index contributed by atoms with van der Waals surface area (Å²) in [5.41, 5.74) is 1.11. The molecule has 0 saturated heterocycles. The second-order valence-corrected chi connectivity index (χ2v) is 4.15. The highest BCUT2D eigenvalue weighted by Gasteiger charge is 2.08. The maximum absolute atomic E-state index is 12.7. The molecule has 3 heteroatoms. The lowest BCUT2D eigenvalue weighted by Gasteiger charge is -2.18. The van der Waals surface area contributed by atoms with E-state index in [9.17, 15) is 4.39 Å². The molecular weight excluding hydrogens is 205 g/mol. The van der Waals surface area contributed by atoms with E-state index in [4.69, 9.17) is 5.11 Å². The fraction of sp³-hybridized carbons (Fsp3) is 0.538. The predicted molar refractivity (Wildman–Crippen MR) is 64.0 cm³/mol. The van der Waals surface area contributed by atoms with Gasteiger partial charge in [0, 0.05) is 12.6 Å². The summed E-state index contributed by atoms with van der Waals surface area (Å²) in [5.74, 6) is 0.118. The van der Waals surface area contributed by atoms with Crippen LogP contribution in [0.5, 0.6) is 0 Å². The normalized spacial score (nSPS) is 14.8. The van der Waals surface area contributed by atoms with Gasteiger partial charge in [-0.2, -0.15) is 0 Å². The van der Waals surface area contributed by atoms with Crippen molar-refractivity contribution in [3.8, 4) is 0 Å². The third kappa shape index (κ3) is 3.91. The highest BCUT2D eigenvalue weighted by molar-refractivity contribution is 5.20. The fourth-order valence-corrected chi connectivity index (χ4v) is 1.59. The van der Waals surface area contributed by atoms with Crippen LogP contribution < -0.4 is 5.32 Å². The van der Waals surface area contributed by atoms with Gasteiger partial charge in [-0.15, -0.1) is 0 Å². The highest BCUT2D eigenvalue weighted by atomic mass is 19.1. The topological polar surface area (TPSA) is 32.3 Å². The van der Waals surface area contributed by atoms with Gasteiger partial charge in [0.15, 0.2) is 0 Å². The zero-order valence-corrected chi connectivity index (χ0v) is 9.91. The summed E-state index contributed by atoms with van der Waals surface area (Å²) in [4.78, 5) is 0. The molecule has 0 spiro atoms. The molecule has 0 aliphatic carbocycles. The van der Waals surface area contributed by atoms with Crippen molar-refractivity contribution in [2.45, 2.75) is 32.2 Å². The van der Waals surface area contributed by atoms with Gasteiger partial charge in [-0.1, -0.05) is 26.0 Å². The van der Waals surface area contributed by atoms with Crippen molar-refractivity contribution in [3.05, 3.63) is 35.6 Å². The van der Waals surface area contributed by atoms with Crippen LogP contribution in [0, 0.1) is 5.82 Å². The average molecular weight is 225 g/mol. The second-order valence-electron chi connectivity index (χ2n) is 4.15. The molecule has 2 N–H and O–H groups in total.